The molecule has 0 fully saturated rings. The number of aromatic hydroxyl groups is 1. The van der Waals surface area contributed by atoms with Crippen LogP contribution in [0.4, 0.5) is 5.69 Å². The average molecular weight is 410 g/mol. The maximum absolute atomic E-state index is 11.9. The highest BCUT2D eigenvalue weighted by atomic mass is 79.9. The molecule has 7 heteroatoms. The van der Waals surface area contributed by atoms with Gasteiger partial charge in [-0.25, -0.2) is 5.43 Å². The van der Waals surface area contributed by atoms with Crippen molar-refractivity contribution in [2.24, 2.45) is 5.10 Å². The van der Waals surface area contributed by atoms with Crippen LogP contribution in [0.2, 0.25) is 0 Å². The van der Waals surface area contributed by atoms with Crippen molar-refractivity contribution in [3.63, 3.8) is 0 Å². The number of benzene rings is 3. The molecule has 0 radical (unpaired) electrons. The molecule has 0 aliphatic heterocycles. The third kappa shape index (κ3) is 4.43. The molecule has 0 bridgehead atoms. The molecule has 3 aromatic rings. The molecule has 5 nitrogen and oxygen atoms in total. The van der Waals surface area contributed by atoms with Gasteiger partial charge in [-0.15, -0.1) is 0 Å². The van der Waals surface area contributed by atoms with E-state index >= 15 is 0 Å². The summed E-state index contributed by atoms with van der Waals surface area (Å²) in [5, 5.41) is 19.0. The van der Waals surface area contributed by atoms with Crippen LogP contribution in [-0.2, 0) is 4.79 Å². The SMILES string of the molecule is Bc1cc(/C=N/NC(=O)CNc2ccc3ccccc3c2)cc(Br)c1O. The summed E-state index contributed by atoms with van der Waals surface area (Å²) in [5.41, 5.74) is 4.86. The molecule has 3 N–H and O–H groups in total. The quantitative estimate of drug-likeness (QED) is 0.343. The summed E-state index contributed by atoms with van der Waals surface area (Å²) in [5.74, 6) is -0.0465. The number of hydrogen-bond acceptors (Lipinski definition) is 4. The number of carbonyl (C=O) groups excluding carboxylic acids is 1. The number of phenolic OH excluding ortho intramolecular Hbond substituents is 1. The number of nitrogens with zero attached hydrogens (tertiary/aromatic N) is 1. The Balaban J connectivity index is 1.55. The lowest BCUT2D eigenvalue weighted by Gasteiger charge is -2.07. The molecule has 0 atom stereocenters. The van der Waals surface area contributed by atoms with Crippen LogP contribution < -0.4 is 16.2 Å². The Morgan fingerprint density at radius 3 is 2.69 bits per heavy atom. The lowest BCUT2D eigenvalue weighted by atomic mass is 9.93. The molecule has 0 saturated heterocycles. The number of hydrogen-bond donors (Lipinski definition) is 3. The van der Waals surface area contributed by atoms with Gasteiger partial charge in [-0.05, 0) is 55.9 Å². The van der Waals surface area contributed by atoms with Gasteiger partial charge >= 0.3 is 0 Å². The van der Waals surface area contributed by atoms with Gasteiger partial charge in [0.15, 0.2) is 0 Å². The van der Waals surface area contributed by atoms with Gasteiger partial charge in [0.05, 0.1) is 17.2 Å². The molecular weight excluding hydrogens is 393 g/mol. The van der Waals surface area contributed by atoms with Crippen molar-refractivity contribution in [3.8, 4) is 5.75 Å². The number of fused-ring (bicyclic) bond motifs is 1. The number of amides is 1. The highest BCUT2D eigenvalue weighted by Gasteiger charge is 2.04. The van der Waals surface area contributed by atoms with E-state index in [0.29, 0.717) is 4.47 Å². The number of rotatable bonds is 5. The predicted octanol–water partition coefficient (Wildman–Crippen LogP) is 2.13. The van der Waals surface area contributed by atoms with Gasteiger partial charge in [-0.2, -0.15) is 5.10 Å². The Hall–Kier alpha value is -2.80. The number of carbonyl (C=O) groups is 1. The van der Waals surface area contributed by atoms with Gasteiger partial charge in [0.1, 0.15) is 13.6 Å². The van der Waals surface area contributed by atoms with Gasteiger partial charge in [-0.1, -0.05) is 36.4 Å². The van der Waals surface area contributed by atoms with E-state index in [0.717, 1.165) is 27.5 Å². The first-order valence-electron chi connectivity index (χ1n) is 8.06. The zero-order valence-electron chi connectivity index (χ0n) is 14.2. The van der Waals surface area contributed by atoms with E-state index in [1.54, 1.807) is 20.0 Å². The van der Waals surface area contributed by atoms with Gasteiger partial charge < -0.3 is 10.4 Å². The van der Waals surface area contributed by atoms with Crippen molar-refractivity contribution >= 4 is 57.8 Å². The van der Waals surface area contributed by atoms with E-state index in [-0.39, 0.29) is 18.2 Å². The minimum atomic E-state index is -0.246. The summed E-state index contributed by atoms with van der Waals surface area (Å²) < 4.78 is 0.586. The predicted molar refractivity (Wildman–Crippen MR) is 112 cm³/mol. The van der Waals surface area contributed by atoms with E-state index in [1.165, 1.54) is 6.21 Å². The average Bonchev–Trinajstić information content (AvgIpc) is 2.64. The Labute approximate surface area is 160 Å². The number of halogens is 1. The molecule has 0 heterocycles. The van der Waals surface area contributed by atoms with Crippen LogP contribution >= 0.6 is 15.9 Å². The Bertz CT molecular complexity index is 968. The molecular formula is C19H17BBrN3O2. The fourth-order valence-corrected chi connectivity index (χ4v) is 3.11. The largest absolute Gasteiger partial charge is 0.507 e. The summed E-state index contributed by atoms with van der Waals surface area (Å²) >= 11 is 3.28. The minimum Gasteiger partial charge on any atom is -0.507 e. The van der Waals surface area contributed by atoms with Crippen LogP contribution in [-0.4, -0.2) is 31.6 Å². The molecule has 0 saturated carbocycles. The molecule has 0 aliphatic rings. The van der Waals surface area contributed by atoms with Crippen molar-refractivity contribution in [2.75, 3.05) is 11.9 Å². The van der Waals surface area contributed by atoms with E-state index in [1.807, 2.05) is 42.5 Å². The molecule has 130 valence electrons. The summed E-state index contributed by atoms with van der Waals surface area (Å²) in [6.07, 6.45) is 1.53. The molecule has 1 amide bonds. The second-order valence-electron chi connectivity index (χ2n) is 5.88. The summed E-state index contributed by atoms with van der Waals surface area (Å²) in [7, 11) is 1.80. The maximum atomic E-state index is 11.9. The first-order chi connectivity index (χ1) is 12.5. The summed E-state index contributed by atoms with van der Waals surface area (Å²) in [4.78, 5) is 11.9. The van der Waals surface area contributed by atoms with E-state index in [4.69, 9.17) is 0 Å². The second kappa shape index (κ2) is 8.06. The van der Waals surface area contributed by atoms with Crippen LogP contribution in [0.5, 0.6) is 5.75 Å². The first kappa shape index (κ1) is 18.0. The molecule has 0 unspecified atom stereocenters. The molecule has 3 rings (SSSR count). The number of anilines is 1. The van der Waals surface area contributed by atoms with Crippen molar-refractivity contribution in [1.29, 1.82) is 0 Å². The summed E-state index contributed by atoms with van der Waals surface area (Å²) in [6, 6.07) is 17.5. The fraction of sp³-hybridized carbons (Fsp3) is 0.0526. The monoisotopic (exact) mass is 409 g/mol. The first-order valence-corrected chi connectivity index (χ1v) is 8.86. The van der Waals surface area contributed by atoms with Crippen molar-refractivity contribution in [1.82, 2.24) is 5.43 Å². The normalized spacial score (nSPS) is 11.0. The fourth-order valence-electron chi connectivity index (χ4n) is 2.54. The molecule has 0 aliphatic carbocycles. The third-order valence-corrected chi connectivity index (χ3v) is 4.49. The van der Waals surface area contributed by atoms with Crippen molar-refractivity contribution in [3.05, 3.63) is 64.6 Å². The highest BCUT2D eigenvalue weighted by Crippen LogP contribution is 2.21. The van der Waals surface area contributed by atoms with E-state index < -0.39 is 0 Å². The molecule has 26 heavy (non-hydrogen) atoms. The van der Waals surface area contributed by atoms with Gasteiger partial charge in [0, 0.05) is 5.69 Å². The molecule has 0 spiro atoms. The summed E-state index contributed by atoms with van der Waals surface area (Å²) in [6.45, 7) is 0.119. The Kier molecular flexibility index (Phi) is 5.58. The Morgan fingerprint density at radius 1 is 1.15 bits per heavy atom. The van der Waals surface area contributed by atoms with E-state index in [9.17, 15) is 9.90 Å². The van der Waals surface area contributed by atoms with Gasteiger partial charge in [-0.3, -0.25) is 4.79 Å². The number of hydrazone groups is 1. The van der Waals surface area contributed by atoms with Crippen molar-refractivity contribution in [2.45, 2.75) is 0 Å². The minimum absolute atomic E-state index is 0.119. The van der Waals surface area contributed by atoms with Crippen LogP contribution in [0.25, 0.3) is 10.8 Å². The van der Waals surface area contributed by atoms with Gasteiger partial charge in [0.2, 0.25) is 0 Å². The third-order valence-electron chi connectivity index (χ3n) is 3.88. The lowest BCUT2D eigenvalue weighted by Crippen LogP contribution is -2.25. The van der Waals surface area contributed by atoms with Gasteiger partial charge in [0.25, 0.3) is 5.91 Å². The smallest absolute Gasteiger partial charge is 0.259 e. The molecule has 3 aromatic carbocycles. The van der Waals surface area contributed by atoms with Crippen LogP contribution in [0.15, 0.2) is 64.2 Å². The molecule has 0 aromatic heterocycles. The second-order valence-corrected chi connectivity index (χ2v) is 6.73. The van der Waals surface area contributed by atoms with E-state index in [2.05, 4.69) is 31.8 Å². The number of phenols is 1. The van der Waals surface area contributed by atoms with Crippen LogP contribution in [0.1, 0.15) is 5.56 Å². The standard InChI is InChI=1S/C19H17BBrN3O2/c20-16-7-12(8-17(21)19(16)26)10-23-24-18(25)11-22-15-6-5-13-3-1-2-4-14(13)9-15/h1-10,22,26H,11,20H2,(H,24,25)/b23-10+. The van der Waals surface area contributed by atoms with Crippen LogP contribution in [0.3, 0.4) is 0 Å². The topological polar surface area (TPSA) is 73.7 Å². The van der Waals surface area contributed by atoms with Crippen LogP contribution in [0, 0.1) is 0 Å². The lowest BCUT2D eigenvalue weighted by molar-refractivity contribution is -0.119. The zero-order valence-corrected chi connectivity index (χ0v) is 15.7. The highest BCUT2D eigenvalue weighted by molar-refractivity contribution is 9.10. The maximum Gasteiger partial charge on any atom is 0.259 e. The Morgan fingerprint density at radius 2 is 1.92 bits per heavy atom. The van der Waals surface area contributed by atoms with Crippen molar-refractivity contribution < 1.29 is 9.90 Å². The zero-order chi connectivity index (χ0) is 18.5. The number of nitrogens with one attached hydrogen (secondary N) is 2.